The summed E-state index contributed by atoms with van der Waals surface area (Å²) in [6.45, 7) is 4.95. The van der Waals surface area contributed by atoms with Crippen molar-refractivity contribution in [2.45, 2.75) is 33.2 Å². The molecule has 5 heteroatoms. The molecule has 2 heterocycles. The maximum atomic E-state index is 12.9. The number of carbonyl (C=O) groups excluding carboxylic acids is 1. The van der Waals surface area contributed by atoms with Gasteiger partial charge in [-0.15, -0.1) is 0 Å². The molecule has 24 heavy (non-hydrogen) atoms. The Hall–Kier alpha value is -2.33. The van der Waals surface area contributed by atoms with E-state index in [-0.39, 0.29) is 5.91 Å². The number of amides is 1. The fourth-order valence-corrected chi connectivity index (χ4v) is 3.15. The Kier molecular flexibility index (Phi) is 4.86. The second-order valence-electron chi connectivity index (χ2n) is 5.79. The number of hydrogen-bond acceptors (Lipinski definition) is 2. The number of para-hydroxylation sites is 1. The topological polar surface area (TPSA) is 46.9 Å². The van der Waals surface area contributed by atoms with Crippen LogP contribution in [0.1, 0.15) is 35.8 Å². The summed E-state index contributed by atoms with van der Waals surface area (Å²) in [6, 6.07) is 11.6. The zero-order valence-electron chi connectivity index (χ0n) is 13.8. The smallest absolute Gasteiger partial charge is 0.272 e. The fourth-order valence-electron chi connectivity index (χ4n) is 2.98. The van der Waals surface area contributed by atoms with E-state index in [9.17, 15) is 4.79 Å². The Morgan fingerprint density at radius 3 is 2.79 bits per heavy atom. The van der Waals surface area contributed by atoms with Gasteiger partial charge in [-0.05, 0) is 37.1 Å². The van der Waals surface area contributed by atoms with E-state index >= 15 is 0 Å². The molecule has 124 valence electrons. The van der Waals surface area contributed by atoms with Crippen LogP contribution in [-0.4, -0.2) is 15.5 Å². The summed E-state index contributed by atoms with van der Waals surface area (Å²) in [4.78, 5) is 16.9. The Morgan fingerprint density at radius 1 is 1.25 bits per heavy atom. The van der Waals surface area contributed by atoms with Crippen molar-refractivity contribution in [2.75, 3.05) is 5.32 Å². The minimum absolute atomic E-state index is 0.158. The molecule has 1 amide bonds. The summed E-state index contributed by atoms with van der Waals surface area (Å²) in [5.41, 5.74) is 3.28. The van der Waals surface area contributed by atoms with Crippen molar-refractivity contribution in [3.8, 4) is 0 Å². The van der Waals surface area contributed by atoms with Gasteiger partial charge in [-0.3, -0.25) is 4.79 Å². The number of halogens is 1. The number of aromatic nitrogens is 2. The maximum Gasteiger partial charge on any atom is 0.272 e. The van der Waals surface area contributed by atoms with E-state index in [1.165, 1.54) is 0 Å². The quantitative estimate of drug-likeness (QED) is 0.660. The van der Waals surface area contributed by atoms with E-state index in [2.05, 4.69) is 33.9 Å². The third kappa shape index (κ3) is 3.02. The molecular weight excluding hydrogens is 322 g/mol. The molecule has 0 aliphatic heterocycles. The van der Waals surface area contributed by atoms with Gasteiger partial charge in [0.15, 0.2) is 5.15 Å². The van der Waals surface area contributed by atoms with E-state index in [0.29, 0.717) is 16.5 Å². The van der Waals surface area contributed by atoms with Gasteiger partial charge in [-0.2, -0.15) is 0 Å². The first kappa shape index (κ1) is 16.5. The summed E-state index contributed by atoms with van der Waals surface area (Å²) in [5.74, 6) is -0.158. The Morgan fingerprint density at radius 2 is 2.04 bits per heavy atom. The highest BCUT2D eigenvalue weighted by atomic mass is 35.5. The number of nitrogens with zero attached hydrogens (tertiary/aromatic N) is 2. The number of unbranched alkanes of at least 4 members (excludes halogenated alkanes) is 1. The highest BCUT2D eigenvalue weighted by molar-refractivity contribution is 6.32. The maximum absolute atomic E-state index is 12.9. The molecule has 0 atom stereocenters. The van der Waals surface area contributed by atoms with Crippen molar-refractivity contribution in [1.29, 1.82) is 0 Å². The van der Waals surface area contributed by atoms with Crippen molar-refractivity contribution in [1.82, 2.24) is 9.55 Å². The minimum Gasteiger partial charge on any atom is -0.336 e. The van der Waals surface area contributed by atoms with Crippen LogP contribution in [0.2, 0.25) is 5.15 Å². The van der Waals surface area contributed by atoms with Gasteiger partial charge in [-0.1, -0.05) is 43.1 Å². The molecule has 0 fully saturated rings. The van der Waals surface area contributed by atoms with E-state index < -0.39 is 0 Å². The number of anilines is 1. The highest BCUT2D eigenvalue weighted by Gasteiger charge is 2.20. The molecule has 4 nitrogen and oxygen atoms in total. The first-order valence-corrected chi connectivity index (χ1v) is 8.51. The molecule has 0 radical (unpaired) electrons. The summed E-state index contributed by atoms with van der Waals surface area (Å²) < 4.78 is 2.10. The minimum atomic E-state index is -0.158. The molecular formula is C19H20ClN3O. The van der Waals surface area contributed by atoms with Crippen LogP contribution in [0.3, 0.4) is 0 Å². The number of fused-ring (bicyclic) bond motifs is 1. The second-order valence-corrected chi connectivity index (χ2v) is 6.15. The lowest BCUT2D eigenvalue weighted by molar-refractivity contribution is 0.101. The molecule has 1 aromatic carbocycles. The van der Waals surface area contributed by atoms with Crippen LogP contribution in [0.5, 0.6) is 0 Å². The predicted molar refractivity (Wildman–Crippen MR) is 98.8 cm³/mol. The van der Waals surface area contributed by atoms with Crippen LogP contribution in [0.4, 0.5) is 5.69 Å². The monoisotopic (exact) mass is 341 g/mol. The van der Waals surface area contributed by atoms with Crippen molar-refractivity contribution < 1.29 is 4.79 Å². The number of pyridine rings is 1. The molecule has 0 spiro atoms. The average Bonchev–Trinajstić information content (AvgIpc) is 2.87. The summed E-state index contributed by atoms with van der Waals surface area (Å²) >= 11 is 6.07. The molecule has 0 saturated carbocycles. The van der Waals surface area contributed by atoms with Gasteiger partial charge in [0.05, 0.1) is 5.69 Å². The molecule has 3 rings (SSSR count). The lowest BCUT2D eigenvalue weighted by Crippen LogP contribution is -2.18. The van der Waals surface area contributed by atoms with Gasteiger partial charge < -0.3 is 9.88 Å². The van der Waals surface area contributed by atoms with Crippen LogP contribution in [0, 0.1) is 6.92 Å². The van der Waals surface area contributed by atoms with Gasteiger partial charge >= 0.3 is 0 Å². The zero-order chi connectivity index (χ0) is 17.1. The van der Waals surface area contributed by atoms with Crippen molar-refractivity contribution in [3.05, 3.63) is 59.0 Å². The number of nitrogens with one attached hydrogen (secondary N) is 1. The van der Waals surface area contributed by atoms with E-state index in [4.69, 9.17) is 11.6 Å². The van der Waals surface area contributed by atoms with Crippen molar-refractivity contribution in [2.24, 2.45) is 0 Å². The number of benzene rings is 1. The summed E-state index contributed by atoms with van der Waals surface area (Å²) in [7, 11) is 0. The molecule has 1 N–H and O–H groups in total. The molecule has 0 aliphatic rings. The molecule has 2 aromatic heterocycles. The third-order valence-electron chi connectivity index (χ3n) is 4.18. The van der Waals surface area contributed by atoms with Gasteiger partial charge in [0.1, 0.15) is 5.69 Å². The number of rotatable bonds is 5. The predicted octanol–water partition coefficient (Wildman–Crippen LogP) is 5.05. The van der Waals surface area contributed by atoms with Gasteiger partial charge in [0.25, 0.3) is 5.91 Å². The second kappa shape index (κ2) is 7.05. The lowest BCUT2D eigenvalue weighted by atomic mass is 10.1. The Labute approximate surface area is 146 Å². The standard InChI is InChI=1S/C19H20ClN3O/c1-3-4-12-23-16-10-6-5-8-14(16)13(2)17(23)19(24)22-15-9-7-11-21-18(15)20/h5-11H,3-4,12H2,1-2H3,(H,22,24). The zero-order valence-corrected chi connectivity index (χ0v) is 14.6. The van der Waals surface area contributed by atoms with E-state index in [1.54, 1.807) is 18.3 Å². The number of aryl methyl sites for hydroxylation is 2. The summed E-state index contributed by atoms with van der Waals surface area (Å²) in [5, 5.41) is 4.29. The number of hydrogen-bond donors (Lipinski definition) is 1. The average molecular weight is 342 g/mol. The van der Waals surface area contributed by atoms with Crippen molar-refractivity contribution in [3.63, 3.8) is 0 Å². The van der Waals surface area contributed by atoms with E-state index in [1.807, 2.05) is 19.1 Å². The van der Waals surface area contributed by atoms with Crippen LogP contribution < -0.4 is 5.32 Å². The molecule has 0 bridgehead atoms. The molecule has 0 saturated heterocycles. The summed E-state index contributed by atoms with van der Waals surface area (Å²) in [6.07, 6.45) is 3.69. The fraction of sp³-hybridized carbons (Fsp3) is 0.263. The molecule has 3 aromatic rings. The lowest BCUT2D eigenvalue weighted by Gasteiger charge is -2.12. The number of carbonyl (C=O) groups is 1. The Bertz CT molecular complexity index is 885. The van der Waals surface area contributed by atoms with Gasteiger partial charge in [0, 0.05) is 23.6 Å². The van der Waals surface area contributed by atoms with E-state index in [0.717, 1.165) is 35.9 Å². The normalized spacial score (nSPS) is 11.0. The largest absolute Gasteiger partial charge is 0.336 e. The molecule has 0 aliphatic carbocycles. The first-order valence-electron chi connectivity index (χ1n) is 8.13. The van der Waals surface area contributed by atoms with Crippen LogP contribution >= 0.6 is 11.6 Å². The SMILES string of the molecule is CCCCn1c(C(=O)Nc2cccnc2Cl)c(C)c2ccccc21. The van der Waals surface area contributed by atoms with Crippen LogP contribution in [-0.2, 0) is 6.54 Å². The Balaban J connectivity index is 2.05. The van der Waals surface area contributed by atoms with Gasteiger partial charge in [0.2, 0.25) is 0 Å². The van der Waals surface area contributed by atoms with Gasteiger partial charge in [-0.25, -0.2) is 4.98 Å². The highest BCUT2D eigenvalue weighted by Crippen LogP contribution is 2.27. The van der Waals surface area contributed by atoms with Crippen LogP contribution in [0.25, 0.3) is 10.9 Å². The molecule has 0 unspecified atom stereocenters. The first-order chi connectivity index (χ1) is 11.6. The van der Waals surface area contributed by atoms with Crippen LogP contribution in [0.15, 0.2) is 42.6 Å². The van der Waals surface area contributed by atoms with Crippen molar-refractivity contribution >= 4 is 34.1 Å². The third-order valence-corrected chi connectivity index (χ3v) is 4.48.